The molecule has 0 bridgehead atoms. The quantitative estimate of drug-likeness (QED) is 0.630. The fourth-order valence-corrected chi connectivity index (χ4v) is 3.78. The van der Waals surface area contributed by atoms with Crippen molar-refractivity contribution in [3.8, 4) is 0 Å². The van der Waals surface area contributed by atoms with Gasteiger partial charge in [0.15, 0.2) is 6.67 Å². The van der Waals surface area contributed by atoms with E-state index in [0.29, 0.717) is 29.7 Å². The molecule has 6 nitrogen and oxygen atoms in total. The van der Waals surface area contributed by atoms with Crippen LogP contribution in [0.3, 0.4) is 0 Å². The minimum Gasteiger partial charge on any atom is -0.322 e. The van der Waals surface area contributed by atoms with Gasteiger partial charge in [-0.2, -0.15) is 17.9 Å². The summed E-state index contributed by atoms with van der Waals surface area (Å²) >= 11 is 0. The van der Waals surface area contributed by atoms with Gasteiger partial charge in [0.1, 0.15) is 38.2 Å². The molecule has 29 heavy (non-hydrogen) atoms. The Labute approximate surface area is 165 Å². The predicted molar refractivity (Wildman–Crippen MR) is 100 cm³/mol. The van der Waals surface area contributed by atoms with E-state index in [1.54, 1.807) is 24.3 Å². The number of halogens is 3. The van der Waals surface area contributed by atoms with Crippen molar-refractivity contribution >= 4 is 10.9 Å². The van der Waals surface area contributed by atoms with Crippen LogP contribution < -0.4 is 15.4 Å². The van der Waals surface area contributed by atoms with E-state index >= 15 is 0 Å². The fraction of sp³-hybridized carbons (Fsp3) is 0.350. The lowest BCUT2D eigenvalue weighted by Crippen LogP contribution is -3.27. The number of benzene rings is 2. The van der Waals surface area contributed by atoms with Gasteiger partial charge in [-0.3, -0.25) is 4.79 Å². The molecule has 2 N–H and O–H groups in total. The predicted octanol–water partition coefficient (Wildman–Crippen LogP) is -0.249. The standard InChI is InChI=1S/C20H20F3N5O/c21-20(22,23)16-5-3-4-15(12-16)13-26-8-10-27(11-9-26)14-28-19(29)17-6-1-2-7-18(17)24-25-28/h1-7,12H,8-11,13-14H2/p+2. The summed E-state index contributed by atoms with van der Waals surface area (Å²) in [5.74, 6) is 0. The first-order valence-corrected chi connectivity index (χ1v) is 9.56. The molecule has 9 heteroatoms. The molecule has 1 aliphatic heterocycles. The summed E-state index contributed by atoms with van der Waals surface area (Å²) in [5.41, 5.74) is 0.517. The highest BCUT2D eigenvalue weighted by molar-refractivity contribution is 5.76. The van der Waals surface area contributed by atoms with E-state index in [0.717, 1.165) is 32.2 Å². The summed E-state index contributed by atoms with van der Waals surface area (Å²) in [4.78, 5) is 15.0. The smallest absolute Gasteiger partial charge is 0.322 e. The molecular weight excluding hydrogens is 383 g/mol. The van der Waals surface area contributed by atoms with Crippen molar-refractivity contribution in [2.75, 3.05) is 26.2 Å². The first-order chi connectivity index (χ1) is 13.9. The van der Waals surface area contributed by atoms with Crippen molar-refractivity contribution in [1.82, 2.24) is 15.0 Å². The van der Waals surface area contributed by atoms with Crippen LogP contribution in [0, 0.1) is 0 Å². The van der Waals surface area contributed by atoms with Crippen LogP contribution in [-0.4, -0.2) is 41.2 Å². The van der Waals surface area contributed by atoms with Crippen LogP contribution in [-0.2, 0) is 19.4 Å². The molecule has 0 spiro atoms. The number of nitrogens with zero attached hydrogens (tertiary/aromatic N) is 3. The minimum atomic E-state index is -4.32. The van der Waals surface area contributed by atoms with Crippen LogP contribution in [0.5, 0.6) is 0 Å². The number of fused-ring (bicyclic) bond motifs is 1. The number of quaternary nitrogens is 2. The van der Waals surface area contributed by atoms with Crippen LogP contribution in [0.4, 0.5) is 13.2 Å². The van der Waals surface area contributed by atoms with Crippen LogP contribution in [0.2, 0.25) is 0 Å². The Hall–Kier alpha value is -2.78. The van der Waals surface area contributed by atoms with E-state index in [1.807, 2.05) is 6.07 Å². The Morgan fingerprint density at radius 3 is 2.45 bits per heavy atom. The highest BCUT2D eigenvalue weighted by atomic mass is 19.4. The van der Waals surface area contributed by atoms with Gasteiger partial charge in [-0.05, 0) is 24.3 Å². The van der Waals surface area contributed by atoms with Crippen molar-refractivity contribution in [1.29, 1.82) is 0 Å². The normalized spacial score (nSPS) is 20.1. The Morgan fingerprint density at radius 1 is 0.966 bits per heavy atom. The number of nitrogens with one attached hydrogen (secondary N) is 2. The van der Waals surface area contributed by atoms with E-state index in [9.17, 15) is 18.0 Å². The molecule has 0 radical (unpaired) electrons. The number of hydrogen-bond donors (Lipinski definition) is 2. The Kier molecular flexibility index (Phi) is 5.33. The molecule has 4 rings (SSSR count). The van der Waals surface area contributed by atoms with Crippen molar-refractivity contribution in [2.45, 2.75) is 19.4 Å². The van der Waals surface area contributed by atoms with Crippen molar-refractivity contribution in [2.24, 2.45) is 0 Å². The van der Waals surface area contributed by atoms with Crippen LogP contribution in [0.25, 0.3) is 10.9 Å². The monoisotopic (exact) mass is 405 g/mol. The number of alkyl halides is 3. The van der Waals surface area contributed by atoms with Gasteiger partial charge in [0.05, 0.1) is 10.9 Å². The topological polar surface area (TPSA) is 56.7 Å². The van der Waals surface area contributed by atoms with E-state index in [4.69, 9.17) is 0 Å². The largest absolute Gasteiger partial charge is 0.416 e. The molecular formula is C20H22F3N5O+2. The van der Waals surface area contributed by atoms with Gasteiger partial charge >= 0.3 is 6.18 Å². The lowest BCUT2D eigenvalue weighted by atomic mass is 10.1. The molecule has 0 unspecified atom stereocenters. The molecule has 0 saturated carbocycles. The van der Waals surface area contributed by atoms with Crippen molar-refractivity contribution in [3.05, 3.63) is 70.0 Å². The molecule has 0 atom stereocenters. The molecule has 3 aromatic rings. The first-order valence-electron chi connectivity index (χ1n) is 9.56. The molecule has 2 aromatic carbocycles. The maximum Gasteiger partial charge on any atom is 0.416 e. The molecule has 152 valence electrons. The second-order valence-electron chi connectivity index (χ2n) is 7.44. The van der Waals surface area contributed by atoms with Gasteiger partial charge in [0.2, 0.25) is 0 Å². The van der Waals surface area contributed by atoms with Crippen LogP contribution in [0.15, 0.2) is 53.3 Å². The molecule has 2 heterocycles. The Bertz CT molecular complexity index is 1060. The Balaban J connectivity index is 1.37. The minimum absolute atomic E-state index is 0.151. The van der Waals surface area contributed by atoms with E-state index in [1.165, 1.54) is 26.6 Å². The van der Waals surface area contributed by atoms with Crippen LogP contribution >= 0.6 is 0 Å². The first kappa shape index (κ1) is 19.5. The zero-order valence-corrected chi connectivity index (χ0v) is 15.7. The SMILES string of the molecule is O=c1c2ccccc2nnn1C[NH+]1CC[NH+](Cc2cccc(C(F)(F)F)c2)CC1. The van der Waals surface area contributed by atoms with E-state index in [-0.39, 0.29) is 5.56 Å². The third-order valence-corrected chi connectivity index (χ3v) is 5.38. The van der Waals surface area contributed by atoms with Crippen molar-refractivity contribution < 1.29 is 23.0 Å². The third kappa shape index (κ3) is 4.46. The number of piperazine rings is 1. The highest BCUT2D eigenvalue weighted by Gasteiger charge is 2.31. The number of hydrogen-bond acceptors (Lipinski definition) is 3. The maximum atomic E-state index is 12.9. The third-order valence-electron chi connectivity index (χ3n) is 5.38. The average Bonchev–Trinajstić information content (AvgIpc) is 2.71. The zero-order valence-electron chi connectivity index (χ0n) is 15.7. The molecule has 1 saturated heterocycles. The summed E-state index contributed by atoms with van der Waals surface area (Å²) < 4.78 is 40.1. The zero-order chi connectivity index (χ0) is 20.4. The van der Waals surface area contributed by atoms with Crippen LogP contribution in [0.1, 0.15) is 11.1 Å². The van der Waals surface area contributed by atoms with Gasteiger partial charge in [-0.15, -0.1) is 5.10 Å². The lowest BCUT2D eigenvalue weighted by molar-refractivity contribution is -1.03. The summed E-state index contributed by atoms with van der Waals surface area (Å²) in [6, 6.07) is 12.7. The average molecular weight is 405 g/mol. The Morgan fingerprint density at radius 2 is 1.69 bits per heavy atom. The summed E-state index contributed by atoms with van der Waals surface area (Å²) in [7, 11) is 0. The number of rotatable bonds is 4. The van der Waals surface area contributed by atoms with E-state index < -0.39 is 11.7 Å². The van der Waals surface area contributed by atoms with Gasteiger partial charge in [-0.25, -0.2) is 0 Å². The molecule has 1 aliphatic rings. The van der Waals surface area contributed by atoms with Gasteiger partial charge in [0.25, 0.3) is 5.56 Å². The second kappa shape index (κ2) is 7.92. The summed E-state index contributed by atoms with van der Waals surface area (Å²) in [6.07, 6.45) is -4.32. The summed E-state index contributed by atoms with van der Waals surface area (Å²) in [5, 5.41) is 8.70. The van der Waals surface area contributed by atoms with Crippen molar-refractivity contribution in [3.63, 3.8) is 0 Å². The molecule has 1 fully saturated rings. The van der Waals surface area contributed by atoms with E-state index in [2.05, 4.69) is 10.3 Å². The lowest BCUT2D eigenvalue weighted by Gasteiger charge is -2.29. The van der Waals surface area contributed by atoms with Gasteiger partial charge in [0, 0.05) is 5.56 Å². The van der Waals surface area contributed by atoms with Gasteiger partial charge < -0.3 is 9.80 Å². The maximum absolute atomic E-state index is 12.9. The summed E-state index contributed by atoms with van der Waals surface area (Å²) in [6.45, 7) is 4.27. The fourth-order valence-electron chi connectivity index (χ4n) is 3.78. The molecule has 1 aromatic heterocycles. The van der Waals surface area contributed by atoms with Gasteiger partial charge in [-0.1, -0.05) is 29.5 Å². The molecule has 0 aliphatic carbocycles. The molecule has 0 amide bonds. The number of aromatic nitrogens is 3. The second-order valence-corrected chi connectivity index (χ2v) is 7.44. The highest BCUT2D eigenvalue weighted by Crippen LogP contribution is 2.29.